The highest BCUT2D eigenvalue weighted by Crippen LogP contribution is 2.19. The van der Waals surface area contributed by atoms with Gasteiger partial charge in [-0.15, -0.1) is 0 Å². The second kappa shape index (κ2) is 15.1. The molecule has 0 radical (unpaired) electrons. The van der Waals surface area contributed by atoms with Crippen LogP contribution in [0.25, 0.3) is 10.9 Å². The fourth-order valence-electron chi connectivity index (χ4n) is 4.45. The molecule has 1 aromatic heterocycles. The molecule has 43 heavy (non-hydrogen) atoms. The Bertz CT molecular complexity index is 1470. The molecule has 4 atom stereocenters. The molecule has 10 N–H and O–H groups in total. The summed E-state index contributed by atoms with van der Waals surface area (Å²) in [4.78, 5) is 76.9. The number of hydrogen-bond acceptors (Lipinski definition) is 7. The fraction of sp³-hybridized carbons (Fsp3) is 0.310. The van der Waals surface area contributed by atoms with E-state index in [1.165, 1.54) is 0 Å². The zero-order chi connectivity index (χ0) is 31.5. The molecule has 228 valence electrons. The lowest BCUT2D eigenvalue weighted by atomic mass is 10.0. The Kier molecular flexibility index (Phi) is 11.3. The van der Waals surface area contributed by atoms with Crippen LogP contribution in [-0.4, -0.2) is 74.9 Å². The summed E-state index contributed by atoms with van der Waals surface area (Å²) in [5, 5.41) is 26.8. The molecule has 0 bridgehead atoms. The van der Waals surface area contributed by atoms with Gasteiger partial charge in [0.25, 0.3) is 0 Å². The normalized spacial score (nSPS) is 13.7. The van der Waals surface area contributed by atoms with Crippen molar-refractivity contribution in [1.82, 2.24) is 20.9 Å². The van der Waals surface area contributed by atoms with Crippen molar-refractivity contribution in [3.8, 4) is 0 Å². The summed E-state index contributed by atoms with van der Waals surface area (Å²) in [5.41, 5.74) is 13.0. The molecule has 0 saturated carbocycles. The number of amides is 4. The van der Waals surface area contributed by atoms with E-state index in [9.17, 15) is 33.9 Å². The van der Waals surface area contributed by atoms with Gasteiger partial charge in [0.15, 0.2) is 0 Å². The van der Waals surface area contributed by atoms with Crippen LogP contribution in [0, 0.1) is 0 Å². The molecule has 0 fully saturated rings. The number of carbonyl (C=O) groups is 6. The largest absolute Gasteiger partial charge is 0.481 e. The van der Waals surface area contributed by atoms with Crippen LogP contribution in [0.4, 0.5) is 0 Å². The van der Waals surface area contributed by atoms with E-state index in [0.29, 0.717) is 11.1 Å². The average molecular weight is 595 g/mol. The van der Waals surface area contributed by atoms with Gasteiger partial charge in [0, 0.05) is 36.4 Å². The van der Waals surface area contributed by atoms with Gasteiger partial charge >= 0.3 is 11.9 Å². The average Bonchev–Trinajstić information content (AvgIpc) is 3.36. The summed E-state index contributed by atoms with van der Waals surface area (Å²) in [6.07, 6.45) is 0.244. The number of benzene rings is 2. The molecule has 0 saturated heterocycles. The van der Waals surface area contributed by atoms with Crippen molar-refractivity contribution >= 4 is 46.5 Å². The number of nitrogens with two attached hydrogens (primary N) is 2. The number of rotatable bonds is 16. The lowest BCUT2D eigenvalue weighted by Crippen LogP contribution is -2.58. The lowest BCUT2D eigenvalue weighted by Gasteiger charge is -2.25. The number of H-pyrrole nitrogens is 1. The molecule has 4 amide bonds. The van der Waals surface area contributed by atoms with E-state index >= 15 is 0 Å². The van der Waals surface area contributed by atoms with Crippen molar-refractivity contribution in [2.24, 2.45) is 11.5 Å². The first-order valence-electron chi connectivity index (χ1n) is 13.4. The van der Waals surface area contributed by atoms with Crippen molar-refractivity contribution < 1.29 is 39.0 Å². The maximum absolute atomic E-state index is 13.6. The van der Waals surface area contributed by atoms with Crippen LogP contribution in [-0.2, 0) is 41.6 Å². The van der Waals surface area contributed by atoms with E-state index in [1.54, 1.807) is 42.6 Å². The number of hydrogen-bond donors (Lipinski definition) is 8. The number of carbonyl (C=O) groups excluding carboxylic acids is 4. The first-order valence-corrected chi connectivity index (χ1v) is 13.4. The quantitative estimate of drug-likeness (QED) is 0.107. The Hall–Kier alpha value is -5.24. The minimum atomic E-state index is -1.53. The smallest absolute Gasteiger partial charge is 0.326 e. The lowest BCUT2D eigenvalue weighted by molar-refractivity contribution is -0.143. The van der Waals surface area contributed by atoms with Gasteiger partial charge in [-0.1, -0.05) is 48.5 Å². The van der Waals surface area contributed by atoms with Crippen LogP contribution in [0.15, 0.2) is 60.8 Å². The molecule has 3 aromatic rings. The topological polar surface area (TPSA) is 247 Å². The first-order chi connectivity index (χ1) is 20.4. The molecule has 1 heterocycles. The Morgan fingerprint density at radius 3 is 1.98 bits per heavy atom. The maximum atomic E-state index is 13.6. The monoisotopic (exact) mass is 594 g/mol. The Morgan fingerprint density at radius 2 is 1.35 bits per heavy atom. The number of aromatic amines is 1. The van der Waals surface area contributed by atoms with Crippen molar-refractivity contribution in [2.45, 2.75) is 56.3 Å². The van der Waals surface area contributed by atoms with Gasteiger partial charge in [0.05, 0.1) is 12.5 Å². The van der Waals surface area contributed by atoms with Crippen LogP contribution in [0.2, 0.25) is 0 Å². The van der Waals surface area contributed by atoms with E-state index in [2.05, 4.69) is 20.9 Å². The zero-order valence-electron chi connectivity index (χ0n) is 23.1. The minimum absolute atomic E-state index is 0.000504. The molecule has 0 aliphatic rings. The third-order valence-electron chi connectivity index (χ3n) is 6.67. The number of primary amides is 1. The van der Waals surface area contributed by atoms with E-state index in [1.807, 2.05) is 18.2 Å². The van der Waals surface area contributed by atoms with Crippen molar-refractivity contribution in [1.29, 1.82) is 0 Å². The Morgan fingerprint density at radius 1 is 0.767 bits per heavy atom. The van der Waals surface area contributed by atoms with Crippen molar-refractivity contribution in [3.05, 3.63) is 71.9 Å². The van der Waals surface area contributed by atoms with E-state index in [0.717, 1.165) is 10.9 Å². The Balaban J connectivity index is 1.90. The van der Waals surface area contributed by atoms with Gasteiger partial charge in [0.1, 0.15) is 18.1 Å². The minimum Gasteiger partial charge on any atom is -0.481 e. The fourth-order valence-corrected chi connectivity index (χ4v) is 4.45. The molecule has 0 aliphatic heterocycles. The van der Waals surface area contributed by atoms with Crippen LogP contribution in [0.5, 0.6) is 0 Å². The Labute approximate surface area is 246 Å². The van der Waals surface area contributed by atoms with Crippen LogP contribution in [0.3, 0.4) is 0 Å². The van der Waals surface area contributed by atoms with E-state index in [-0.39, 0.29) is 19.3 Å². The maximum Gasteiger partial charge on any atom is 0.326 e. The molecule has 4 unspecified atom stereocenters. The molecule has 14 heteroatoms. The molecule has 0 aliphatic carbocycles. The zero-order valence-corrected chi connectivity index (χ0v) is 23.1. The van der Waals surface area contributed by atoms with Crippen molar-refractivity contribution in [2.75, 3.05) is 0 Å². The second-order valence-corrected chi connectivity index (χ2v) is 9.98. The number of carboxylic acids is 2. The number of para-hydroxylation sites is 1. The van der Waals surface area contributed by atoms with Crippen molar-refractivity contribution in [3.63, 3.8) is 0 Å². The summed E-state index contributed by atoms with van der Waals surface area (Å²) >= 11 is 0. The summed E-state index contributed by atoms with van der Waals surface area (Å²) in [5.74, 6) is -5.94. The van der Waals surface area contributed by atoms with Gasteiger partial charge in [0.2, 0.25) is 23.6 Å². The first kappa shape index (κ1) is 32.3. The highest BCUT2D eigenvalue weighted by molar-refractivity contribution is 5.95. The van der Waals surface area contributed by atoms with Gasteiger partial charge in [-0.05, 0) is 23.6 Å². The van der Waals surface area contributed by atoms with E-state index in [4.69, 9.17) is 16.6 Å². The SMILES string of the molecule is NC(=O)CC(N)C(=O)NC(Cc1ccccc1)C(=O)NC(Cc1c[nH]c2ccccc12)C(=O)NC(CCC(=O)O)C(=O)O. The van der Waals surface area contributed by atoms with Crippen LogP contribution >= 0.6 is 0 Å². The number of aromatic nitrogens is 1. The van der Waals surface area contributed by atoms with Crippen LogP contribution < -0.4 is 27.4 Å². The van der Waals surface area contributed by atoms with E-state index < -0.39 is 72.6 Å². The van der Waals surface area contributed by atoms with Gasteiger partial charge in [-0.25, -0.2) is 4.79 Å². The third kappa shape index (κ3) is 9.67. The molecule has 3 rings (SSSR count). The predicted octanol–water partition coefficient (Wildman–Crippen LogP) is -0.440. The summed E-state index contributed by atoms with van der Waals surface area (Å²) in [6.45, 7) is 0. The molecule has 14 nitrogen and oxygen atoms in total. The highest BCUT2D eigenvalue weighted by atomic mass is 16.4. The standard InChI is InChI=1S/C29H34N6O8/c30-19(14-24(31)36)26(39)34-22(12-16-6-2-1-3-7-16)27(40)35-23(13-17-15-32-20-9-5-4-8-18(17)20)28(41)33-21(29(42)43)10-11-25(37)38/h1-9,15,19,21-23,32H,10-14,30H2,(H2,31,36)(H,33,41)(H,34,39)(H,35,40)(H,37,38)(H,42,43). The summed E-state index contributed by atoms with van der Waals surface area (Å²) in [7, 11) is 0. The number of nitrogens with one attached hydrogen (secondary N) is 4. The summed E-state index contributed by atoms with van der Waals surface area (Å²) < 4.78 is 0. The summed E-state index contributed by atoms with van der Waals surface area (Å²) in [6, 6.07) is 10.5. The molecular formula is C29H34N6O8. The molecular weight excluding hydrogens is 560 g/mol. The van der Waals surface area contributed by atoms with Crippen LogP contribution in [0.1, 0.15) is 30.4 Å². The van der Waals surface area contributed by atoms with Gasteiger partial charge in [-0.3, -0.25) is 24.0 Å². The third-order valence-corrected chi connectivity index (χ3v) is 6.67. The number of carboxylic acid groups (broad SMARTS) is 2. The molecule has 0 spiro atoms. The van der Waals surface area contributed by atoms with Gasteiger partial charge < -0.3 is 42.6 Å². The predicted molar refractivity (Wildman–Crippen MR) is 154 cm³/mol. The second-order valence-electron chi connectivity index (χ2n) is 9.98. The molecule has 2 aromatic carbocycles. The number of fused-ring (bicyclic) bond motifs is 1. The highest BCUT2D eigenvalue weighted by Gasteiger charge is 2.31. The van der Waals surface area contributed by atoms with Gasteiger partial charge in [-0.2, -0.15) is 0 Å². The number of aliphatic carboxylic acids is 2.